The van der Waals surface area contributed by atoms with E-state index in [9.17, 15) is 0 Å². The third-order valence-electron chi connectivity index (χ3n) is 2.99. The number of benzene rings is 2. The second-order valence-corrected chi connectivity index (χ2v) is 7.08. The van der Waals surface area contributed by atoms with Crippen LogP contribution in [0.5, 0.6) is 5.75 Å². The molecular formula is C14H8Br2Cl2N4O. The van der Waals surface area contributed by atoms with Crippen LogP contribution in [-0.4, -0.2) is 20.6 Å². The second-order valence-electron chi connectivity index (χ2n) is 4.53. The molecule has 0 aliphatic heterocycles. The molecule has 1 heterocycles. The number of nitrogens with zero attached hydrogens (tertiary/aromatic N) is 3. The Morgan fingerprint density at radius 2 is 1.83 bits per heavy atom. The zero-order valence-corrected chi connectivity index (χ0v) is 16.0. The third kappa shape index (κ3) is 3.85. The molecule has 0 unspecified atom stereocenters. The van der Waals surface area contributed by atoms with Crippen molar-refractivity contribution in [3.05, 3.63) is 54.9 Å². The maximum atomic E-state index is 6.15. The van der Waals surface area contributed by atoms with Crippen molar-refractivity contribution in [3.63, 3.8) is 0 Å². The van der Waals surface area contributed by atoms with Crippen LogP contribution >= 0.6 is 55.1 Å². The van der Waals surface area contributed by atoms with Gasteiger partial charge in [-0.2, -0.15) is 5.21 Å². The molecule has 23 heavy (non-hydrogen) atoms. The number of aromatic amines is 1. The average molecular weight is 479 g/mol. The number of aromatic nitrogens is 4. The zero-order chi connectivity index (χ0) is 16.4. The van der Waals surface area contributed by atoms with E-state index in [0.717, 1.165) is 20.1 Å². The number of hydrogen-bond acceptors (Lipinski definition) is 4. The molecule has 0 amide bonds. The molecule has 0 atom stereocenters. The maximum absolute atomic E-state index is 6.15. The smallest absolute Gasteiger partial charge is 0.204 e. The highest BCUT2D eigenvalue weighted by Gasteiger charge is 2.13. The zero-order valence-electron chi connectivity index (χ0n) is 11.4. The molecule has 3 rings (SSSR count). The lowest BCUT2D eigenvalue weighted by Gasteiger charge is -2.12. The van der Waals surface area contributed by atoms with Crippen molar-refractivity contribution >= 4 is 55.1 Å². The van der Waals surface area contributed by atoms with Crippen molar-refractivity contribution in [3.8, 4) is 17.1 Å². The van der Waals surface area contributed by atoms with Crippen LogP contribution in [0, 0.1) is 0 Å². The Kier molecular flexibility index (Phi) is 5.21. The predicted molar refractivity (Wildman–Crippen MR) is 95.8 cm³/mol. The van der Waals surface area contributed by atoms with E-state index in [4.69, 9.17) is 27.9 Å². The summed E-state index contributed by atoms with van der Waals surface area (Å²) in [5.41, 5.74) is 1.64. The minimum atomic E-state index is 0.314. The van der Waals surface area contributed by atoms with Crippen LogP contribution in [0.1, 0.15) is 5.56 Å². The molecule has 118 valence electrons. The minimum Gasteiger partial charge on any atom is -0.486 e. The normalized spacial score (nSPS) is 10.8. The molecule has 0 bridgehead atoms. The van der Waals surface area contributed by atoms with Crippen molar-refractivity contribution < 1.29 is 4.74 Å². The van der Waals surface area contributed by atoms with Crippen LogP contribution in [0.15, 0.2) is 39.3 Å². The van der Waals surface area contributed by atoms with Gasteiger partial charge in [0.1, 0.15) is 12.4 Å². The Hall–Kier alpha value is -1.15. The van der Waals surface area contributed by atoms with Crippen molar-refractivity contribution in [2.24, 2.45) is 0 Å². The van der Waals surface area contributed by atoms with E-state index >= 15 is 0 Å². The van der Waals surface area contributed by atoms with E-state index in [0.29, 0.717) is 28.2 Å². The molecule has 1 aromatic heterocycles. The first kappa shape index (κ1) is 16.7. The summed E-state index contributed by atoms with van der Waals surface area (Å²) in [7, 11) is 0. The van der Waals surface area contributed by atoms with Gasteiger partial charge in [0.2, 0.25) is 5.82 Å². The molecule has 0 spiro atoms. The van der Waals surface area contributed by atoms with Gasteiger partial charge in [-0.1, -0.05) is 29.3 Å². The van der Waals surface area contributed by atoms with Crippen molar-refractivity contribution in [1.29, 1.82) is 0 Å². The van der Waals surface area contributed by atoms with Gasteiger partial charge < -0.3 is 4.74 Å². The van der Waals surface area contributed by atoms with Crippen molar-refractivity contribution in [2.45, 2.75) is 6.61 Å². The molecule has 3 aromatic rings. The van der Waals surface area contributed by atoms with Crippen molar-refractivity contribution in [2.75, 3.05) is 0 Å². The summed E-state index contributed by atoms with van der Waals surface area (Å²) in [6.45, 7) is 0.314. The predicted octanol–water partition coefficient (Wildman–Crippen LogP) is 5.28. The molecule has 9 heteroatoms. The van der Waals surface area contributed by atoms with E-state index in [1.165, 1.54) is 0 Å². The molecule has 0 radical (unpaired) electrons. The van der Waals surface area contributed by atoms with E-state index in [-0.39, 0.29) is 0 Å². The number of ether oxygens (including phenoxy) is 1. The lowest BCUT2D eigenvalue weighted by molar-refractivity contribution is 0.302. The molecule has 1 N–H and O–H groups in total. The molecule has 0 saturated heterocycles. The highest BCUT2D eigenvalue weighted by molar-refractivity contribution is 9.11. The first-order chi connectivity index (χ1) is 11.0. The fraction of sp³-hybridized carbons (Fsp3) is 0.0714. The van der Waals surface area contributed by atoms with Gasteiger partial charge in [-0.3, -0.25) is 0 Å². The Labute approximate surface area is 158 Å². The maximum Gasteiger partial charge on any atom is 0.204 e. The highest BCUT2D eigenvalue weighted by atomic mass is 79.9. The quantitative estimate of drug-likeness (QED) is 0.554. The largest absolute Gasteiger partial charge is 0.486 e. The first-order valence-corrected chi connectivity index (χ1v) is 8.68. The topological polar surface area (TPSA) is 63.7 Å². The number of tetrazole rings is 1. The number of H-pyrrole nitrogens is 1. The SMILES string of the molecule is Clc1ccc(COc2c(Br)cc(-c3nn[nH]n3)cc2Br)c(Cl)c1. The fourth-order valence-electron chi connectivity index (χ4n) is 1.90. The number of rotatable bonds is 4. The standard InChI is InChI=1S/C14H8Br2Cl2N4O/c15-10-3-8(14-19-21-22-20-14)4-11(16)13(10)23-6-7-1-2-9(17)5-12(7)18/h1-5H,6H2,(H,19,20,21,22). The van der Waals surface area contributed by atoms with Crippen LogP contribution in [0.3, 0.4) is 0 Å². The van der Waals surface area contributed by atoms with Crippen LogP contribution in [-0.2, 0) is 6.61 Å². The fourth-order valence-corrected chi connectivity index (χ4v) is 3.78. The Balaban J connectivity index is 1.83. The van der Waals surface area contributed by atoms with E-state index in [1.54, 1.807) is 12.1 Å². The van der Waals surface area contributed by atoms with Crippen molar-refractivity contribution in [1.82, 2.24) is 20.6 Å². The number of hydrogen-bond donors (Lipinski definition) is 1. The van der Waals surface area contributed by atoms with Crippen LogP contribution in [0.2, 0.25) is 10.0 Å². The number of halogens is 4. The summed E-state index contributed by atoms with van der Waals surface area (Å²) in [6.07, 6.45) is 0. The van der Waals surface area contributed by atoms with Gasteiger partial charge in [0.05, 0.1) is 8.95 Å². The molecule has 0 saturated carbocycles. The van der Waals surface area contributed by atoms with Gasteiger partial charge in [0.25, 0.3) is 0 Å². The summed E-state index contributed by atoms with van der Waals surface area (Å²) in [5, 5.41) is 15.0. The highest BCUT2D eigenvalue weighted by Crippen LogP contribution is 2.37. The third-order valence-corrected chi connectivity index (χ3v) is 4.75. The van der Waals surface area contributed by atoms with Gasteiger partial charge in [0, 0.05) is 21.2 Å². The molecule has 5 nitrogen and oxygen atoms in total. The van der Waals surface area contributed by atoms with Gasteiger partial charge in [-0.15, -0.1) is 10.2 Å². The Bertz CT molecular complexity index is 820. The summed E-state index contributed by atoms with van der Waals surface area (Å²) in [4.78, 5) is 0. The molecular weight excluding hydrogens is 471 g/mol. The summed E-state index contributed by atoms with van der Waals surface area (Å²) >= 11 is 19.0. The van der Waals surface area contributed by atoms with Crippen LogP contribution in [0.25, 0.3) is 11.4 Å². The monoisotopic (exact) mass is 476 g/mol. The van der Waals surface area contributed by atoms with Gasteiger partial charge in [0.15, 0.2) is 0 Å². The molecule has 2 aromatic carbocycles. The summed E-state index contributed by atoms with van der Waals surface area (Å²) < 4.78 is 7.38. The molecule has 0 aliphatic rings. The Morgan fingerprint density at radius 3 is 2.43 bits per heavy atom. The minimum absolute atomic E-state index is 0.314. The van der Waals surface area contributed by atoms with Gasteiger partial charge >= 0.3 is 0 Å². The van der Waals surface area contributed by atoms with E-state index in [2.05, 4.69) is 52.5 Å². The molecule has 0 fully saturated rings. The van der Waals surface area contributed by atoms with Gasteiger partial charge in [-0.25, -0.2) is 0 Å². The lowest BCUT2D eigenvalue weighted by atomic mass is 10.2. The second kappa shape index (κ2) is 7.17. The van der Waals surface area contributed by atoms with Gasteiger partial charge in [-0.05, 0) is 61.3 Å². The molecule has 0 aliphatic carbocycles. The first-order valence-electron chi connectivity index (χ1n) is 6.34. The average Bonchev–Trinajstić information content (AvgIpc) is 3.02. The summed E-state index contributed by atoms with van der Waals surface area (Å²) in [5.74, 6) is 1.15. The van der Waals surface area contributed by atoms with E-state index in [1.807, 2.05) is 18.2 Å². The van der Waals surface area contributed by atoms with E-state index < -0.39 is 0 Å². The van der Waals surface area contributed by atoms with Crippen LogP contribution < -0.4 is 4.74 Å². The van der Waals surface area contributed by atoms with Crippen LogP contribution in [0.4, 0.5) is 0 Å². The number of nitrogens with one attached hydrogen (secondary N) is 1. The Morgan fingerprint density at radius 1 is 1.09 bits per heavy atom. The summed E-state index contributed by atoms with van der Waals surface area (Å²) in [6, 6.07) is 9.00. The lowest BCUT2D eigenvalue weighted by Crippen LogP contribution is -1.98.